The molecule has 0 fully saturated rings. The second-order valence-electron chi connectivity index (χ2n) is 10.4. The van der Waals surface area contributed by atoms with Gasteiger partial charge in [0, 0.05) is 34.1 Å². The van der Waals surface area contributed by atoms with Gasteiger partial charge in [0.15, 0.2) is 0 Å². The van der Waals surface area contributed by atoms with Crippen molar-refractivity contribution in [1.82, 2.24) is 0 Å². The first-order chi connectivity index (χ1) is 22.7. The lowest BCUT2D eigenvalue weighted by atomic mass is 10.2. The molecular weight excluding hydrogens is 572 g/mol. The van der Waals surface area contributed by atoms with Crippen molar-refractivity contribution >= 4 is 34.1 Å². The second kappa shape index (κ2) is 14.7. The van der Waals surface area contributed by atoms with Gasteiger partial charge in [0.25, 0.3) is 0 Å². The molecule has 0 saturated carbocycles. The van der Waals surface area contributed by atoms with E-state index in [-0.39, 0.29) is 0 Å². The molecule has 230 valence electrons. The fraction of sp³-hybridized carbons (Fsp3) is 0.100. The third kappa shape index (κ3) is 7.25. The van der Waals surface area contributed by atoms with Crippen molar-refractivity contribution in [2.75, 3.05) is 37.2 Å². The van der Waals surface area contributed by atoms with Gasteiger partial charge in [-0.3, -0.25) is 0 Å². The van der Waals surface area contributed by atoms with Crippen LogP contribution in [0.5, 0.6) is 23.0 Å². The number of para-hydroxylation sites is 2. The van der Waals surface area contributed by atoms with Gasteiger partial charge in [-0.25, -0.2) is 0 Å². The van der Waals surface area contributed by atoms with Crippen molar-refractivity contribution in [1.29, 1.82) is 0 Å². The van der Waals surface area contributed by atoms with Gasteiger partial charge in [-0.05, 0) is 121 Å². The molecule has 46 heavy (non-hydrogen) atoms. The molecule has 0 N–H and O–H groups in total. The van der Waals surface area contributed by atoms with Gasteiger partial charge in [-0.2, -0.15) is 0 Å². The summed E-state index contributed by atoms with van der Waals surface area (Å²) in [5, 5.41) is 0. The van der Waals surface area contributed by atoms with E-state index in [4.69, 9.17) is 18.9 Å². The molecule has 0 aromatic heterocycles. The van der Waals surface area contributed by atoms with Crippen molar-refractivity contribution < 1.29 is 18.9 Å². The molecule has 0 saturated heterocycles. The first-order valence-electron chi connectivity index (χ1n) is 15.2. The molecule has 6 aromatic rings. The van der Waals surface area contributed by atoms with Crippen LogP contribution in [0.2, 0.25) is 0 Å². The van der Waals surface area contributed by atoms with E-state index < -0.39 is 0 Å². The Bertz CT molecular complexity index is 1640. The van der Waals surface area contributed by atoms with Crippen molar-refractivity contribution in [2.24, 2.45) is 0 Å². The summed E-state index contributed by atoms with van der Waals surface area (Å²) in [4.78, 5) is 4.40. The van der Waals surface area contributed by atoms with Crippen LogP contribution in [0, 0.1) is 0 Å². The average molecular weight is 609 g/mol. The van der Waals surface area contributed by atoms with E-state index in [1.54, 1.807) is 14.2 Å². The molecule has 0 spiro atoms. The Morgan fingerprint density at radius 3 is 0.870 bits per heavy atom. The highest BCUT2D eigenvalue weighted by atomic mass is 16.5. The Morgan fingerprint density at radius 2 is 0.587 bits per heavy atom. The summed E-state index contributed by atoms with van der Waals surface area (Å²) < 4.78 is 22.8. The SMILES string of the molecule is COc1ccc(N(c2ccccc2)c2ccc(OCCOc3ccc(N(c4ccccc4)c4ccc(OC)cc4)cc3)cc2)cc1. The van der Waals surface area contributed by atoms with Gasteiger partial charge in [0.2, 0.25) is 0 Å². The standard InChI is InChI=1S/C40H36N2O4/c1-43-37-21-13-33(14-22-37)41(31-9-5-3-6-10-31)35-17-25-39(26-18-35)45-29-30-46-40-27-19-36(20-28-40)42(32-11-7-4-8-12-32)34-15-23-38(44-2)24-16-34/h3-28H,29-30H2,1-2H3. The Morgan fingerprint density at radius 1 is 0.326 bits per heavy atom. The summed E-state index contributed by atoms with van der Waals surface area (Å²) in [6.07, 6.45) is 0. The van der Waals surface area contributed by atoms with Gasteiger partial charge in [-0.15, -0.1) is 0 Å². The third-order valence-corrected chi connectivity index (χ3v) is 7.50. The molecule has 0 heterocycles. The molecule has 0 atom stereocenters. The molecule has 6 heteroatoms. The maximum atomic E-state index is 6.02. The van der Waals surface area contributed by atoms with Gasteiger partial charge >= 0.3 is 0 Å². The molecule has 0 amide bonds. The fourth-order valence-corrected chi connectivity index (χ4v) is 5.21. The zero-order chi connectivity index (χ0) is 31.6. The number of hydrogen-bond donors (Lipinski definition) is 0. The maximum absolute atomic E-state index is 6.02. The quantitative estimate of drug-likeness (QED) is 0.122. The van der Waals surface area contributed by atoms with E-state index >= 15 is 0 Å². The molecule has 0 radical (unpaired) electrons. The molecule has 0 aliphatic rings. The van der Waals surface area contributed by atoms with Crippen LogP contribution >= 0.6 is 0 Å². The highest BCUT2D eigenvalue weighted by molar-refractivity contribution is 5.78. The molecule has 0 unspecified atom stereocenters. The first-order valence-corrected chi connectivity index (χ1v) is 15.2. The molecule has 0 bridgehead atoms. The Kier molecular flexibility index (Phi) is 9.66. The molecule has 6 aromatic carbocycles. The molecule has 6 nitrogen and oxygen atoms in total. The second-order valence-corrected chi connectivity index (χ2v) is 10.4. The van der Waals surface area contributed by atoms with Crippen LogP contribution in [0.1, 0.15) is 0 Å². The molecular formula is C40H36N2O4. The van der Waals surface area contributed by atoms with Crippen LogP contribution in [0.3, 0.4) is 0 Å². The van der Waals surface area contributed by atoms with E-state index in [1.807, 2.05) is 84.9 Å². The van der Waals surface area contributed by atoms with Crippen LogP contribution in [0.25, 0.3) is 0 Å². The summed E-state index contributed by atoms with van der Waals surface area (Å²) in [6.45, 7) is 0.841. The Balaban J connectivity index is 1.08. The summed E-state index contributed by atoms with van der Waals surface area (Å²) in [5.74, 6) is 3.20. The summed E-state index contributed by atoms with van der Waals surface area (Å²) in [7, 11) is 3.35. The van der Waals surface area contributed by atoms with Crippen molar-refractivity contribution in [2.45, 2.75) is 0 Å². The van der Waals surface area contributed by atoms with E-state index in [0.29, 0.717) is 13.2 Å². The topological polar surface area (TPSA) is 43.4 Å². The molecule has 6 rings (SSSR count). The third-order valence-electron chi connectivity index (χ3n) is 7.50. The number of ether oxygens (including phenoxy) is 4. The van der Waals surface area contributed by atoms with E-state index in [0.717, 1.165) is 57.1 Å². The van der Waals surface area contributed by atoms with Crippen molar-refractivity contribution in [3.63, 3.8) is 0 Å². The van der Waals surface area contributed by atoms with E-state index in [1.165, 1.54) is 0 Å². The molecule has 0 aliphatic heterocycles. The first kappa shape index (κ1) is 30.2. The zero-order valence-corrected chi connectivity index (χ0v) is 26.0. The smallest absolute Gasteiger partial charge is 0.122 e. The number of anilines is 6. The van der Waals surface area contributed by atoms with Crippen molar-refractivity contribution in [3.8, 4) is 23.0 Å². The van der Waals surface area contributed by atoms with E-state index in [2.05, 4.69) is 82.6 Å². The van der Waals surface area contributed by atoms with Gasteiger partial charge in [0.1, 0.15) is 36.2 Å². The van der Waals surface area contributed by atoms with Crippen LogP contribution in [0.15, 0.2) is 158 Å². The number of methoxy groups -OCH3 is 2. The largest absolute Gasteiger partial charge is 0.497 e. The number of benzene rings is 6. The fourth-order valence-electron chi connectivity index (χ4n) is 5.21. The van der Waals surface area contributed by atoms with Crippen LogP contribution < -0.4 is 28.7 Å². The van der Waals surface area contributed by atoms with Gasteiger partial charge in [0.05, 0.1) is 14.2 Å². The maximum Gasteiger partial charge on any atom is 0.122 e. The highest BCUT2D eigenvalue weighted by Crippen LogP contribution is 2.37. The normalized spacial score (nSPS) is 10.6. The van der Waals surface area contributed by atoms with Crippen LogP contribution in [0.4, 0.5) is 34.1 Å². The minimum absolute atomic E-state index is 0.421. The lowest BCUT2D eigenvalue weighted by Crippen LogP contribution is -2.11. The number of hydrogen-bond acceptors (Lipinski definition) is 6. The average Bonchev–Trinajstić information content (AvgIpc) is 3.13. The summed E-state index contributed by atoms with van der Waals surface area (Å²) in [5.41, 5.74) is 6.26. The highest BCUT2D eigenvalue weighted by Gasteiger charge is 2.14. The number of nitrogens with zero attached hydrogens (tertiary/aromatic N) is 2. The van der Waals surface area contributed by atoms with E-state index in [9.17, 15) is 0 Å². The Hall–Kier alpha value is -5.88. The summed E-state index contributed by atoms with van der Waals surface area (Å²) in [6, 6.07) is 52.9. The van der Waals surface area contributed by atoms with Crippen molar-refractivity contribution in [3.05, 3.63) is 158 Å². The molecule has 0 aliphatic carbocycles. The minimum atomic E-state index is 0.421. The summed E-state index contributed by atoms with van der Waals surface area (Å²) >= 11 is 0. The predicted molar refractivity (Wildman–Crippen MR) is 186 cm³/mol. The predicted octanol–water partition coefficient (Wildman–Crippen LogP) is 10.1. The minimum Gasteiger partial charge on any atom is -0.497 e. The lowest BCUT2D eigenvalue weighted by Gasteiger charge is -2.26. The lowest BCUT2D eigenvalue weighted by molar-refractivity contribution is 0.217. The van der Waals surface area contributed by atoms with Crippen LogP contribution in [-0.4, -0.2) is 27.4 Å². The van der Waals surface area contributed by atoms with Crippen LogP contribution in [-0.2, 0) is 0 Å². The zero-order valence-electron chi connectivity index (χ0n) is 26.0. The van der Waals surface area contributed by atoms with Gasteiger partial charge < -0.3 is 28.7 Å². The van der Waals surface area contributed by atoms with Gasteiger partial charge in [-0.1, -0.05) is 36.4 Å². The number of rotatable bonds is 13. The monoisotopic (exact) mass is 608 g/mol. The Labute approximate surface area is 270 Å².